The van der Waals surface area contributed by atoms with Crippen LogP contribution < -0.4 is 11.2 Å². The summed E-state index contributed by atoms with van der Waals surface area (Å²) in [4.78, 5) is 13.5. The molecule has 0 radical (unpaired) electrons. The molecule has 3 rings (SSSR count). The topological polar surface area (TPSA) is 70.7 Å². The van der Waals surface area contributed by atoms with Crippen molar-refractivity contribution in [2.75, 3.05) is 18.0 Å². The Balaban J connectivity index is 1.88. The average molecular weight is 274 g/mol. The van der Waals surface area contributed by atoms with Gasteiger partial charge in [0, 0.05) is 24.4 Å². The Morgan fingerprint density at radius 3 is 3.21 bits per heavy atom. The van der Waals surface area contributed by atoms with E-state index in [2.05, 4.69) is 10.5 Å². The predicted octanol–water partition coefficient (Wildman–Crippen LogP) is 1.78. The molecule has 1 aromatic rings. The molecule has 3 N–H and O–H groups in total. The van der Waals surface area contributed by atoms with Crippen LogP contribution in [0.5, 0.6) is 0 Å². The van der Waals surface area contributed by atoms with E-state index in [0.29, 0.717) is 6.42 Å². The molecule has 98 valence electrons. The summed E-state index contributed by atoms with van der Waals surface area (Å²) in [5.41, 5.74) is 11.9. The van der Waals surface area contributed by atoms with Gasteiger partial charge in [0.15, 0.2) is 0 Å². The number of hydrazone groups is 1. The first kappa shape index (κ1) is 12.1. The number of benzene rings is 1. The van der Waals surface area contributed by atoms with Crippen molar-refractivity contribution in [1.29, 1.82) is 0 Å². The number of thioether (sulfide) groups is 1. The third-order valence-corrected chi connectivity index (χ3v) is 3.88. The van der Waals surface area contributed by atoms with Crippen LogP contribution in [-0.2, 0) is 6.42 Å². The molecule has 6 heteroatoms. The highest BCUT2D eigenvalue weighted by Crippen LogP contribution is 2.24. The van der Waals surface area contributed by atoms with E-state index in [4.69, 9.17) is 5.73 Å². The molecule has 0 aliphatic carbocycles. The second kappa shape index (κ2) is 4.97. The molecular weight excluding hydrogens is 260 g/mol. The van der Waals surface area contributed by atoms with E-state index in [1.807, 2.05) is 29.7 Å². The number of nitrogen functional groups attached to an aromatic ring is 1. The lowest BCUT2D eigenvalue weighted by Gasteiger charge is -2.31. The van der Waals surface area contributed by atoms with Gasteiger partial charge in [0.2, 0.25) is 0 Å². The van der Waals surface area contributed by atoms with Crippen LogP contribution in [0.25, 0.3) is 0 Å². The Labute approximate surface area is 115 Å². The van der Waals surface area contributed by atoms with Gasteiger partial charge < -0.3 is 5.73 Å². The Kier molecular flexibility index (Phi) is 3.16. The van der Waals surface area contributed by atoms with E-state index in [-0.39, 0.29) is 6.03 Å². The molecule has 0 aromatic heterocycles. The first-order valence-electron chi connectivity index (χ1n) is 6.04. The van der Waals surface area contributed by atoms with Crippen molar-refractivity contribution in [2.45, 2.75) is 6.42 Å². The van der Waals surface area contributed by atoms with Gasteiger partial charge in [-0.25, -0.2) is 10.2 Å². The summed E-state index contributed by atoms with van der Waals surface area (Å²) < 4.78 is 0. The highest BCUT2D eigenvalue weighted by molar-refractivity contribution is 8.02. The van der Waals surface area contributed by atoms with Crippen molar-refractivity contribution < 1.29 is 4.79 Å². The third-order valence-electron chi connectivity index (χ3n) is 3.07. The zero-order valence-corrected chi connectivity index (χ0v) is 11.1. The summed E-state index contributed by atoms with van der Waals surface area (Å²) in [6.45, 7) is 0.721. The molecule has 0 spiro atoms. The summed E-state index contributed by atoms with van der Waals surface area (Å²) in [6, 6.07) is 7.57. The number of rotatable bonds is 2. The van der Waals surface area contributed by atoms with E-state index in [1.54, 1.807) is 16.7 Å². The molecule has 0 unspecified atom stereocenters. The van der Waals surface area contributed by atoms with Gasteiger partial charge in [0.25, 0.3) is 0 Å². The molecule has 0 atom stereocenters. The first-order chi connectivity index (χ1) is 9.24. The van der Waals surface area contributed by atoms with Crippen LogP contribution in [0.1, 0.15) is 5.56 Å². The molecule has 19 heavy (non-hydrogen) atoms. The average Bonchev–Trinajstić information content (AvgIpc) is 2.42. The molecule has 0 saturated heterocycles. The lowest BCUT2D eigenvalue weighted by atomic mass is 10.1. The highest BCUT2D eigenvalue weighted by atomic mass is 32.2. The van der Waals surface area contributed by atoms with Crippen LogP contribution in [0.4, 0.5) is 10.5 Å². The number of urea groups is 1. The largest absolute Gasteiger partial charge is 0.399 e. The number of hydrogen-bond donors (Lipinski definition) is 2. The monoisotopic (exact) mass is 274 g/mol. The molecule has 2 aliphatic rings. The van der Waals surface area contributed by atoms with Crippen molar-refractivity contribution in [3.05, 3.63) is 40.9 Å². The number of nitrogens with one attached hydrogen (secondary N) is 1. The Hall–Kier alpha value is -1.95. The van der Waals surface area contributed by atoms with Gasteiger partial charge in [0.05, 0.1) is 11.4 Å². The molecule has 5 nitrogen and oxygen atoms in total. The summed E-state index contributed by atoms with van der Waals surface area (Å²) in [6.07, 6.45) is 0.661. The summed E-state index contributed by atoms with van der Waals surface area (Å²) in [5, 5.41) is 6.18. The molecular formula is C13H14N4OS. The SMILES string of the molecule is Nc1cccc(CC2=NNC(=O)N3CCSC=C23)c1. The van der Waals surface area contributed by atoms with Crippen LogP contribution in [0, 0.1) is 0 Å². The molecule has 0 fully saturated rings. The Morgan fingerprint density at radius 1 is 1.47 bits per heavy atom. The lowest BCUT2D eigenvalue weighted by Crippen LogP contribution is -2.46. The number of carbonyl (C=O) groups excluding carboxylic acids is 1. The third kappa shape index (κ3) is 2.44. The van der Waals surface area contributed by atoms with Crippen LogP contribution in [0.2, 0.25) is 0 Å². The summed E-state index contributed by atoms with van der Waals surface area (Å²) in [7, 11) is 0. The van der Waals surface area contributed by atoms with Gasteiger partial charge >= 0.3 is 6.03 Å². The Morgan fingerprint density at radius 2 is 2.37 bits per heavy atom. The second-order valence-corrected chi connectivity index (χ2v) is 5.40. The first-order valence-corrected chi connectivity index (χ1v) is 7.09. The lowest BCUT2D eigenvalue weighted by molar-refractivity contribution is 0.213. The van der Waals surface area contributed by atoms with Gasteiger partial charge in [-0.3, -0.25) is 4.90 Å². The molecule has 2 aliphatic heterocycles. The van der Waals surface area contributed by atoms with Crippen molar-refractivity contribution in [3.63, 3.8) is 0 Å². The normalized spacial score (nSPS) is 18.3. The van der Waals surface area contributed by atoms with E-state index < -0.39 is 0 Å². The molecule has 2 amide bonds. The quantitative estimate of drug-likeness (QED) is 0.808. The maximum Gasteiger partial charge on any atom is 0.342 e. The number of nitrogens with two attached hydrogens (primary N) is 1. The fourth-order valence-electron chi connectivity index (χ4n) is 2.16. The molecule has 2 heterocycles. The van der Waals surface area contributed by atoms with Gasteiger partial charge in [-0.2, -0.15) is 5.10 Å². The van der Waals surface area contributed by atoms with E-state index in [0.717, 1.165) is 35.0 Å². The number of carbonyl (C=O) groups is 1. The van der Waals surface area contributed by atoms with E-state index in [9.17, 15) is 4.79 Å². The smallest absolute Gasteiger partial charge is 0.342 e. The number of amides is 2. The minimum atomic E-state index is -0.150. The van der Waals surface area contributed by atoms with Crippen LogP contribution >= 0.6 is 11.8 Å². The molecule has 1 aromatic carbocycles. The fraction of sp³-hybridized carbons (Fsp3) is 0.231. The van der Waals surface area contributed by atoms with Crippen LogP contribution in [-0.4, -0.2) is 28.9 Å². The maximum absolute atomic E-state index is 11.7. The van der Waals surface area contributed by atoms with Crippen LogP contribution in [0.15, 0.2) is 40.5 Å². The fourth-order valence-corrected chi connectivity index (χ4v) is 2.99. The summed E-state index contributed by atoms with van der Waals surface area (Å²) >= 11 is 1.71. The van der Waals surface area contributed by atoms with Gasteiger partial charge in [-0.1, -0.05) is 12.1 Å². The van der Waals surface area contributed by atoms with Crippen molar-refractivity contribution in [2.24, 2.45) is 5.10 Å². The van der Waals surface area contributed by atoms with Crippen molar-refractivity contribution in [3.8, 4) is 0 Å². The second-order valence-electron chi connectivity index (χ2n) is 4.42. The number of hydrogen-bond acceptors (Lipinski definition) is 4. The maximum atomic E-state index is 11.7. The van der Waals surface area contributed by atoms with E-state index in [1.165, 1.54) is 0 Å². The van der Waals surface area contributed by atoms with Crippen LogP contribution in [0.3, 0.4) is 0 Å². The number of nitrogens with zero attached hydrogens (tertiary/aromatic N) is 2. The zero-order chi connectivity index (χ0) is 13.2. The standard InChI is InChI=1S/C13H14N4OS/c14-10-3-1-2-9(6-10)7-11-12-8-19-5-4-17(12)13(18)16-15-11/h1-3,6,8H,4-5,7,14H2,(H,16,18). The number of fused-ring (bicyclic) bond motifs is 1. The minimum absolute atomic E-state index is 0.150. The van der Waals surface area contributed by atoms with E-state index >= 15 is 0 Å². The van der Waals surface area contributed by atoms with Gasteiger partial charge in [0.1, 0.15) is 0 Å². The number of allylic oxidation sites excluding steroid dienone is 1. The Bertz CT molecular complexity index is 582. The van der Waals surface area contributed by atoms with Gasteiger partial charge in [-0.15, -0.1) is 11.8 Å². The van der Waals surface area contributed by atoms with Crippen molar-refractivity contribution >= 4 is 29.2 Å². The zero-order valence-electron chi connectivity index (χ0n) is 10.3. The molecule has 0 saturated carbocycles. The highest BCUT2D eigenvalue weighted by Gasteiger charge is 2.28. The van der Waals surface area contributed by atoms with Gasteiger partial charge in [-0.05, 0) is 23.1 Å². The molecule has 0 bridgehead atoms. The predicted molar refractivity (Wildman–Crippen MR) is 77.8 cm³/mol. The minimum Gasteiger partial charge on any atom is -0.399 e. The summed E-state index contributed by atoms with van der Waals surface area (Å²) in [5.74, 6) is 0.919. The number of anilines is 1. The van der Waals surface area contributed by atoms with Crippen molar-refractivity contribution in [1.82, 2.24) is 10.3 Å².